The number of benzene rings is 1. The molecule has 1 amide bonds. The molecule has 0 spiro atoms. The van der Waals surface area contributed by atoms with Gasteiger partial charge in [0, 0.05) is 5.69 Å². The van der Waals surface area contributed by atoms with E-state index >= 15 is 0 Å². The summed E-state index contributed by atoms with van der Waals surface area (Å²) in [6.07, 6.45) is 5.92. The van der Waals surface area contributed by atoms with E-state index in [-0.39, 0.29) is 11.9 Å². The van der Waals surface area contributed by atoms with Gasteiger partial charge < -0.3 is 11.1 Å². The number of primary amides is 1. The zero-order valence-electron chi connectivity index (χ0n) is 11.0. The molecule has 1 aromatic rings. The molecular formula is C15H22N2O. The number of anilines is 1. The maximum Gasteiger partial charge on any atom is 0.240 e. The van der Waals surface area contributed by atoms with Crippen LogP contribution >= 0.6 is 0 Å². The van der Waals surface area contributed by atoms with Crippen LogP contribution in [0.2, 0.25) is 0 Å². The highest BCUT2D eigenvalue weighted by atomic mass is 16.1. The number of rotatable bonds is 4. The van der Waals surface area contributed by atoms with Gasteiger partial charge in [-0.15, -0.1) is 0 Å². The van der Waals surface area contributed by atoms with Crippen LogP contribution in [0.15, 0.2) is 24.3 Å². The van der Waals surface area contributed by atoms with Crippen LogP contribution in [0.1, 0.15) is 37.7 Å². The summed E-state index contributed by atoms with van der Waals surface area (Å²) in [4.78, 5) is 11.6. The van der Waals surface area contributed by atoms with Crippen molar-refractivity contribution in [1.82, 2.24) is 0 Å². The average molecular weight is 246 g/mol. The number of hydrogen-bond donors (Lipinski definition) is 2. The normalized spacial score (nSPS) is 18.3. The Balaban J connectivity index is 2.08. The van der Waals surface area contributed by atoms with Gasteiger partial charge in [-0.25, -0.2) is 0 Å². The molecule has 0 aliphatic heterocycles. The standard InChI is InChI=1S/C15H22N2O/c1-11-6-5-9-13(10-11)17-14(15(16)18)12-7-3-2-4-8-12/h5-6,9-10,12,14,17H,2-4,7-8H2,1H3,(H2,16,18). The summed E-state index contributed by atoms with van der Waals surface area (Å²) in [6.45, 7) is 2.05. The molecule has 3 nitrogen and oxygen atoms in total. The molecule has 0 bridgehead atoms. The number of hydrogen-bond acceptors (Lipinski definition) is 2. The van der Waals surface area contributed by atoms with Gasteiger partial charge in [0.05, 0.1) is 0 Å². The molecule has 3 N–H and O–H groups in total. The molecule has 1 unspecified atom stereocenters. The van der Waals surface area contributed by atoms with Crippen molar-refractivity contribution in [1.29, 1.82) is 0 Å². The lowest BCUT2D eigenvalue weighted by atomic mass is 9.83. The van der Waals surface area contributed by atoms with Gasteiger partial charge in [0.25, 0.3) is 0 Å². The minimum absolute atomic E-state index is 0.230. The zero-order valence-corrected chi connectivity index (χ0v) is 11.0. The number of amides is 1. The minimum Gasteiger partial charge on any atom is -0.373 e. The first-order valence-corrected chi connectivity index (χ1v) is 6.79. The van der Waals surface area contributed by atoms with Gasteiger partial charge in [0.15, 0.2) is 0 Å². The summed E-state index contributed by atoms with van der Waals surface area (Å²) in [5, 5.41) is 3.31. The molecule has 1 aliphatic carbocycles. The zero-order chi connectivity index (χ0) is 13.0. The molecule has 1 saturated carbocycles. The molecule has 1 atom stereocenters. The molecule has 1 aliphatic rings. The van der Waals surface area contributed by atoms with Crippen molar-refractivity contribution in [3.05, 3.63) is 29.8 Å². The summed E-state index contributed by atoms with van der Waals surface area (Å²) in [5.74, 6) is 0.153. The van der Waals surface area contributed by atoms with Crippen molar-refractivity contribution in [2.75, 3.05) is 5.32 Å². The third kappa shape index (κ3) is 3.25. The van der Waals surface area contributed by atoms with Gasteiger partial charge in [0.1, 0.15) is 6.04 Å². The molecule has 98 valence electrons. The predicted molar refractivity (Wildman–Crippen MR) is 74.4 cm³/mol. The minimum atomic E-state index is -0.233. The molecule has 2 rings (SSSR count). The summed E-state index contributed by atoms with van der Waals surface area (Å²) < 4.78 is 0. The Morgan fingerprint density at radius 1 is 1.33 bits per heavy atom. The Morgan fingerprint density at radius 3 is 2.67 bits per heavy atom. The van der Waals surface area contributed by atoms with Crippen molar-refractivity contribution in [2.45, 2.75) is 45.1 Å². The fourth-order valence-corrected chi connectivity index (χ4v) is 2.80. The van der Waals surface area contributed by atoms with Crippen LogP contribution in [-0.4, -0.2) is 11.9 Å². The lowest BCUT2D eigenvalue weighted by Gasteiger charge is -2.29. The highest BCUT2D eigenvalue weighted by Gasteiger charge is 2.27. The summed E-state index contributed by atoms with van der Waals surface area (Å²) in [6, 6.07) is 7.86. The van der Waals surface area contributed by atoms with Crippen molar-refractivity contribution in [3.8, 4) is 0 Å². The van der Waals surface area contributed by atoms with Crippen molar-refractivity contribution in [3.63, 3.8) is 0 Å². The fraction of sp³-hybridized carbons (Fsp3) is 0.533. The number of carbonyl (C=O) groups excluding carboxylic acids is 1. The van der Waals surface area contributed by atoms with Crippen LogP contribution in [0.3, 0.4) is 0 Å². The van der Waals surface area contributed by atoms with E-state index in [2.05, 4.69) is 11.4 Å². The first-order valence-electron chi connectivity index (χ1n) is 6.79. The maximum absolute atomic E-state index is 11.6. The van der Waals surface area contributed by atoms with Crippen molar-refractivity contribution >= 4 is 11.6 Å². The van der Waals surface area contributed by atoms with E-state index in [1.165, 1.54) is 24.8 Å². The molecule has 0 saturated heterocycles. The first kappa shape index (κ1) is 12.9. The lowest BCUT2D eigenvalue weighted by Crippen LogP contribution is -2.42. The second-order valence-corrected chi connectivity index (χ2v) is 5.29. The lowest BCUT2D eigenvalue weighted by molar-refractivity contribution is -0.120. The quantitative estimate of drug-likeness (QED) is 0.858. The van der Waals surface area contributed by atoms with Crippen molar-refractivity contribution in [2.24, 2.45) is 11.7 Å². The second kappa shape index (κ2) is 5.89. The van der Waals surface area contributed by atoms with Crippen LogP contribution in [-0.2, 0) is 4.79 Å². The number of nitrogens with two attached hydrogens (primary N) is 1. The van der Waals surface area contributed by atoms with E-state index in [9.17, 15) is 4.79 Å². The van der Waals surface area contributed by atoms with E-state index in [1.54, 1.807) is 0 Å². The van der Waals surface area contributed by atoms with Gasteiger partial charge in [-0.3, -0.25) is 4.79 Å². The first-order chi connectivity index (χ1) is 8.66. The SMILES string of the molecule is Cc1cccc(NC(C(N)=O)C2CCCCC2)c1. The molecular weight excluding hydrogens is 224 g/mol. The van der Waals surface area contributed by atoms with E-state index in [0.717, 1.165) is 18.5 Å². The van der Waals surface area contributed by atoms with E-state index in [1.807, 2.05) is 25.1 Å². The topological polar surface area (TPSA) is 55.1 Å². The molecule has 0 aromatic heterocycles. The number of nitrogens with one attached hydrogen (secondary N) is 1. The molecule has 18 heavy (non-hydrogen) atoms. The number of aryl methyl sites for hydroxylation is 1. The molecule has 1 aromatic carbocycles. The van der Waals surface area contributed by atoms with E-state index in [0.29, 0.717) is 5.92 Å². The highest BCUT2D eigenvalue weighted by molar-refractivity contribution is 5.83. The third-order valence-corrected chi connectivity index (χ3v) is 3.77. The highest BCUT2D eigenvalue weighted by Crippen LogP contribution is 2.28. The van der Waals surface area contributed by atoms with Crippen LogP contribution < -0.4 is 11.1 Å². The smallest absolute Gasteiger partial charge is 0.240 e. The van der Waals surface area contributed by atoms with Gasteiger partial charge >= 0.3 is 0 Å². The number of carbonyl (C=O) groups is 1. The largest absolute Gasteiger partial charge is 0.373 e. The van der Waals surface area contributed by atoms with Crippen molar-refractivity contribution < 1.29 is 4.79 Å². The Labute approximate surface area is 109 Å². The van der Waals surface area contributed by atoms with Gasteiger partial charge in [-0.05, 0) is 43.4 Å². The van der Waals surface area contributed by atoms with Crippen LogP contribution in [0, 0.1) is 12.8 Å². The Bertz CT molecular complexity index is 411. The summed E-state index contributed by atoms with van der Waals surface area (Å²) in [5.41, 5.74) is 7.73. The molecule has 0 radical (unpaired) electrons. The summed E-state index contributed by atoms with van der Waals surface area (Å²) >= 11 is 0. The third-order valence-electron chi connectivity index (χ3n) is 3.77. The van der Waals surface area contributed by atoms with E-state index < -0.39 is 0 Å². The Hall–Kier alpha value is -1.51. The Morgan fingerprint density at radius 2 is 2.06 bits per heavy atom. The van der Waals surface area contributed by atoms with Gasteiger partial charge in [-0.1, -0.05) is 31.4 Å². The van der Waals surface area contributed by atoms with Crippen LogP contribution in [0.25, 0.3) is 0 Å². The van der Waals surface area contributed by atoms with E-state index in [4.69, 9.17) is 5.73 Å². The monoisotopic (exact) mass is 246 g/mol. The summed E-state index contributed by atoms with van der Waals surface area (Å²) in [7, 11) is 0. The molecule has 1 fully saturated rings. The molecule has 0 heterocycles. The fourth-order valence-electron chi connectivity index (χ4n) is 2.80. The van der Waals surface area contributed by atoms with Crippen LogP contribution in [0.5, 0.6) is 0 Å². The Kier molecular flexibility index (Phi) is 4.24. The second-order valence-electron chi connectivity index (χ2n) is 5.29. The maximum atomic E-state index is 11.6. The van der Waals surface area contributed by atoms with Gasteiger partial charge in [-0.2, -0.15) is 0 Å². The van der Waals surface area contributed by atoms with Gasteiger partial charge in [0.2, 0.25) is 5.91 Å². The van der Waals surface area contributed by atoms with Crippen LogP contribution in [0.4, 0.5) is 5.69 Å². The predicted octanol–water partition coefficient (Wildman–Crippen LogP) is 2.84. The molecule has 3 heteroatoms. The average Bonchev–Trinajstić information content (AvgIpc) is 2.37.